The van der Waals surface area contributed by atoms with Crippen LogP contribution in [0.1, 0.15) is 37.3 Å². The Hall–Kier alpha value is -0.01000. The maximum atomic E-state index is 5.62. The van der Waals surface area contributed by atoms with Crippen molar-refractivity contribution >= 4 is 33.2 Å². The average Bonchev–Trinajstić information content (AvgIpc) is 3.18. The molecule has 0 aliphatic heterocycles. The molecule has 24 heavy (non-hydrogen) atoms. The van der Waals surface area contributed by atoms with Gasteiger partial charge in [-0.1, -0.05) is 32.4 Å². The first-order valence-electron chi connectivity index (χ1n) is 8.19. The fourth-order valence-electron chi connectivity index (χ4n) is 2.25. The summed E-state index contributed by atoms with van der Waals surface area (Å²) >= 11 is -1.65. The molecule has 0 nitrogen and oxygen atoms in total. The van der Waals surface area contributed by atoms with E-state index in [1.54, 1.807) is 0 Å². The Kier molecular flexibility index (Phi) is 10.6. The topological polar surface area (TPSA) is 0 Å². The van der Waals surface area contributed by atoms with Crippen LogP contribution in [0.15, 0.2) is 48.6 Å². The normalized spacial score (nSPS) is 11.8. The fourth-order valence-corrected chi connectivity index (χ4v) is 2.25. The minimum absolute atomic E-state index is 0.224. The summed E-state index contributed by atoms with van der Waals surface area (Å²) in [6, 6.07) is 11.1. The molecule has 2 aromatic carbocycles. The summed E-state index contributed by atoms with van der Waals surface area (Å²) in [7, 11) is 11.2. The maximum absolute atomic E-state index is 5.62. The first-order chi connectivity index (χ1) is 11.3. The Balaban J connectivity index is 0.000000218. The summed E-state index contributed by atoms with van der Waals surface area (Å²) in [6.07, 6.45) is 10.0. The van der Waals surface area contributed by atoms with Crippen LogP contribution in [0.2, 0.25) is 13.1 Å². The van der Waals surface area contributed by atoms with Crippen LogP contribution in [0.3, 0.4) is 0 Å². The second kappa shape index (κ2) is 11.6. The molecular formula is C20H26Cl2SiZr-2. The maximum Gasteiger partial charge on any atom is -0.0308 e. The van der Waals surface area contributed by atoms with Crippen LogP contribution in [-0.4, -0.2) is 5.43 Å². The van der Waals surface area contributed by atoms with Crippen molar-refractivity contribution in [3.8, 4) is 0 Å². The predicted molar refractivity (Wildman–Crippen MR) is 109 cm³/mol. The second-order valence-corrected chi connectivity index (χ2v) is 29.3. The predicted octanol–water partition coefficient (Wildman–Crippen LogP) is 7.46. The molecule has 0 N–H and O–H groups in total. The van der Waals surface area contributed by atoms with E-state index in [0.29, 0.717) is 5.92 Å². The largest absolute Gasteiger partial charge is 0.273 e. The number of aryl methyl sites for hydroxylation is 1. The van der Waals surface area contributed by atoms with Gasteiger partial charge in [0.15, 0.2) is 0 Å². The summed E-state index contributed by atoms with van der Waals surface area (Å²) in [6.45, 7) is 11.0. The zero-order valence-electron chi connectivity index (χ0n) is 15.2. The van der Waals surface area contributed by atoms with Crippen LogP contribution in [0.25, 0.3) is 10.8 Å². The van der Waals surface area contributed by atoms with Crippen LogP contribution in [0, 0.1) is 13.0 Å². The molecule has 0 saturated carbocycles. The molecule has 130 valence electrons. The van der Waals surface area contributed by atoms with Gasteiger partial charge in [-0.2, -0.15) is 12.1 Å². The van der Waals surface area contributed by atoms with E-state index < -0.39 is 18.0 Å². The van der Waals surface area contributed by atoms with E-state index in [0.717, 1.165) is 6.42 Å². The van der Waals surface area contributed by atoms with Gasteiger partial charge in [0.1, 0.15) is 0 Å². The third kappa shape index (κ3) is 7.91. The van der Waals surface area contributed by atoms with E-state index in [2.05, 4.69) is 76.3 Å². The average molecular weight is 457 g/mol. The summed E-state index contributed by atoms with van der Waals surface area (Å²) in [5, 5.41) is 2.80. The van der Waals surface area contributed by atoms with Crippen molar-refractivity contribution in [1.29, 1.82) is 0 Å². The van der Waals surface area contributed by atoms with Gasteiger partial charge < -0.3 is 0 Å². The zero-order chi connectivity index (χ0) is 18.1. The van der Waals surface area contributed by atoms with Crippen LogP contribution in [-0.2, 0) is 18.0 Å². The Bertz CT molecular complexity index is 711. The van der Waals surface area contributed by atoms with Crippen molar-refractivity contribution in [1.82, 2.24) is 0 Å². The number of hydrogen-bond donors (Lipinski definition) is 0. The van der Waals surface area contributed by atoms with Crippen LogP contribution in [0.5, 0.6) is 0 Å². The van der Waals surface area contributed by atoms with E-state index in [1.165, 1.54) is 21.9 Å². The number of hydrogen-bond acceptors (Lipinski definition) is 0. The van der Waals surface area contributed by atoms with Gasteiger partial charge in [0.25, 0.3) is 0 Å². The van der Waals surface area contributed by atoms with Crippen LogP contribution >= 0.6 is 17.0 Å². The Labute approximate surface area is 162 Å². The van der Waals surface area contributed by atoms with Crippen molar-refractivity contribution in [2.24, 2.45) is 0 Å². The van der Waals surface area contributed by atoms with E-state index in [9.17, 15) is 0 Å². The van der Waals surface area contributed by atoms with Gasteiger partial charge >= 0.3 is 53.5 Å². The summed E-state index contributed by atoms with van der Waals surface area (Å²) in [5.41, 5.74) is 2.60. The smallest absolute Gasteiger partial charge is 0.0308 e. The third-order valence-corrected chi connectivity index (χ3v) is 23.3. The Morgan fingerprint density at radius 1 is 1.25 bits per heavy atom. The van der Waals surface area contributed by atoms with Crippen molar-refractivity contribution in [3.63, 3.8) is 0 Å². The number of allylic oxidation sites excluding steroid dienone is 4. The Morgan fingerprint density at radius 2 is 1.92 bits per heavy atom. The van der Waals surface area contributed by atoms with Gasteiger partial charge in [-0.05, 0) is 5.92 Å². The summed E-state index contributed by atoms with van der Waals surface area (Å²) in [4.78, 5) is 0. The third-order valence-electron chi connectivity index (χ3n) is 3.51. The molecule has 0 fully saturated rings. The van der Waals surface area contributed by atoms with Gasteiger partial charge in [-0.3, -0.25) is 6.08 Å². The fraction of sp³-hybridized carbons (Fsp3) is 0.350. The van der Waals surface area contributed by atoms with E-state index in [4.69, 9.17) is 17.0 Å². The summed E-state index contributed by atoms with van der Waals surface area (Å²) in [5.74, 6) is 0.616. The minimum atomic E-state index is -1.65. The summed E-state index contributed by atoms with van der Waals surface area (Å²) < 4.78 is 0. The van der Waals surface area contributed by atoms with E-state index in [1.807, 2.05) is 12.2 Å². The number of benzene rings is 1. The molecule has 0 saturated heterocycles. The first kappa shape index (κ1) is 22.0. The number of rotatable bonds is 1. The quantitative estimate of drug-likeness (QED) is 0.309. The van der Waals surface area contributed by atoms with Crippen molar-refractivity contribution in [3.05, 3.63) is 65.8 Å². The molecule has 0 unspecified atom stereocenters. The second-order valence-electron chi connectivity index (χ2n) is 6.30. The molecule has 0 radical (unpaired) electrons. The molecule has 0 spiro atoms. The molecule has 1 aliphatic rings. The van der Waals surface area contributed by atoms with E-state index >= 15 is 0 Å². The molecular weight excluding hydrogens is 430 g/mol. The van der Waals surface area contributed by atoms with Crippen LogP contribution < -0.4 is 0 Å². The van der Waals surface area contributed by atoms with Gasteiger partial charge in [0.2, 0.25) is 0 Å². The molecule has 0 atom stereocenters. The molecule has 0 amide bonds. The molecule has 0 aromatic heterocycles. The minimum Gasteiger partial charge on any atom is -0.273 e. The van der Waals surface area contributed by atoms with Gasteiger partial charge in [0, 0.05) is 0 Å². The number of halogens is 2. The number of fused-ring (bicyclic) bond motifs is 1. The Morgan fingerprint density at radius 3 is 2.33 bits per heavy atom. The molecule has 4 heteroatoms. The zero-order valence-corrected chi connectivity index (χ0v) is 20.1. The van der Waals surface area contributed by atoms with Gasteiger partial charge in [-0.25, -0.2) is 12.2 Å². The van der Waals surface area contributed by atoms with Crippen LogP contribution in [0.4, 0.5) is 0 Å². The van der Waals surface area contributed by atoms with Crippen molar-refractivity contribution in [2.75, 3.05) is 0 Å². The van der Waals surface area contributed by atoms with Crippen molar-refractivity contribution in [2.45, 2.75) is 46.2 Å². The molecule has 0 bridgehead atoms. The molecule has 0 heterocycles. The monoisotopic (exact) mass is 454 g/mol. The first-order valence-corrected chi connectivity index (χ1v) is 20.7. The SMILES string of the molecule is C[Si](C)=[Zr]([Cl])[Cl].Cc1cc2c(C(C)C)cccc2[cH-]1.[C-]1=CC=CC1. The van der Waals surface area contributed by atoms with Crippen molar-refractivity contribution < 1.29 is 18.0 Å². The molecule has 2 aromatic rings. The standard InChI is InChI=1S/C13H15.C5H5.C2H6Si.2ClH.Zr/c1-9(2)12-6-4-5-11-7-10(3)8-13(11)12;1-2-4-5-3-1;1-3-2;;;/h4-9H,1-3H3;1-3H,4H2;1-2H3;2*1H;/q2*-1;;;;+2/p-2. The molecule has 3 rings (SSSR count). The molecule has 1 aliphatic carbocycles. The van der Waals surface area contributed by atoms with E-state index in [-0.39, 0.29) is 5.43 Å². The van der Waals surface area contributed by atoms with Gasteiger partial charge in [0.05, 0.1) is 0 Å². The van der Waals surface area contributed by atoms with Gasteiger partial charge in [-0.15, -0.1) is 41.0 Å².